The molecule has 1 aromatic heterocycles. The maximum Gasteiger partial charge on any atom is 0.336 e. The summed E-state index contributed by atoms with van der Waals surface area (Å²) in [6, 6.07) is 10.3. The van der Waals surface area contributed by atoms with E-state index >= 15 is 0 Å². The average molecular weight is 471 g/mol. The number of rotatable bonds is 4. The summed E-state index contributed by atoms with van der Waals surface area (Å²) in [5.74, 6) is 1.02. The molecule has 3 aromatic rings. The number of nitrogens with zero attached hydrogens (tertiary/aromatic N) is 2. The van der Waals surface area contributed by atoms with Gasteiger partial charge in [-0.15, -0.1) is 0 Å². The number of benzene rings is 2. The van der Waals surface area contributed by atoms with Crippen LogP contribution in [0, 0.1) is 13.8 Å². The molecule has 0 aliphatic carbocycles. The van der Waals surface area contributed by atoms with Gasteiger partial charge in [0.1, 0.15) is 18.8 Å². The Labute approximate surface area is 192 Å². The quantitative estimate of drug-likeness (QED) is 0.542. The average Bonchev–Trinajstić information content (AvgIpc) is 2.82. The molecule has 0 unspecified atom stereocenters. The predicted molar refractivity (Wildman–Crippen MR) is 123 cm³/mol. The van der Waals surface area contributed by atoms with E-state index in [1.54, 1.807) is 12.1 Å². The Morgan fingerprint density at radius 2 is 1.64 bits per heavy atom. The molecule has 2 aliphatic rings. The summed E-state index contributed by atoms with van der Waals surface area (Å²) in [6.07, 6.45) is 0. The first-order valence-electron chi connectivity index (χ1n) is 11.0. The molecular weight excluding hydrogens is 444 g/mol. The van der Waals surface area contributed by atoms with Gasteiger partial charge in [-0.25, -0.2) is 13.2 Å². The van der Waals surface area contributed by atoms with Crippen molar-refractivity contribution in [3.05, 3.63) is 63.5 Å². The van der Waals surface area contributed by atoms with Gasteiger partial charge in [-0.2, -0.15) is 4.31 Å². The number of sulfonamides is 1. The number of hydrogen-bond donors (Lipinski definition) is 0. The van der Waals surface area contributed by atoms with Gasteiger partial charge >= 0.3 is 5.63 Å². The summed E-state index contributed by atoms with van der Waals surface area (Å²) in [7, 11) is -3.64. The van der Waals surface area contributed by atoms with Gasteiger partial charge in [-0.1, -0.05) is 12.1 Å². The number of aryl methyl sites for hydroxylation is 2. The van der Waals surface area contributed by atoms with E-state index in [2.05, 4.69) is 4.90 Å². The minimum absolute atomic E-state index is 0.206. The highest BCUT2D eigenvalue weighted by atomic mass is 32.2. The van der Waals surface area contributed by atoms with E-state index in [4.69, 9.17) is 13.9 Å². The molecule has 174 valence electrons. The van der Waals surface area contributed by atoms with Gasteiger partial charge in [-0.05, 0) is 42.7 Å². The Bertz CT molecular complexity index is 1370. The third kappa shape index (κ3) is 4.12. The molecule has 0 N–H and O–H groups in total. The molecule has 0 saturated carbocycles. The molecule has 0 amide bonds. The lowest BCUT2D eigenvalue weighted by Crippen LogP contribution is -2.48. The van der Waals surface area contributed by atoms with Crippen molar-refractivity contribution in [3.8, 4) is 11.5 Å². The van der Waals surface area contributed by atoms with Crippen LogP contribution < -0.4 is 15.1 Å². The molecule has 0 radical (unpaired) electrons. The lowest BCUT2D eigenvalue weighted by Gasteiger charge is -2.34. The summed E-state index contributed by atoms with van der Waals surface area (Å²) in [5.41, 5.74) is 3.18. The number of hydrogen-bond acceptors (Lipinski definition) is 7. The van der Waals surface area contributed by atoms with Crippen LogP contribution in [-0.4, -0.2) is 57.0 Å². The fraction of sp³-hybridized carbons (Fsp3) is 0.375. The molecular formula is C24H26N2O6S. The van der Waals surface area contributed by atoms with Crippen molar-refractivity contribution in [1.82, 2.24) is 9.21 Å². The van der Waals surface area contributed by atoms with Crippen molar-refractivity contribution in [2.45, 2.75) is 25.3 Å². The van der Waals surface area contributed by atoms with Crippen LogP contribution in [0.25, 0.3) is 11.0 Å². The molecule has 1 saturated heterocycles. The first-order chi connectivity index (χ1) is 15.8. The van der Waals surface area contributed by atoms with Crippen LogP contribution in [0.2, 0.25) is 0 Å². The van der Waals surface area contributed by atoms with E-state index in [0.717, 1.165) is 22.1 Å². The normalized spacial score (nSPS) is 17.4. The van der Waals surface area contributed by atoms with Gasteiger partial charge in [0.15, 0.2) is 11.5 Å². The van der Waals surface area contributed by atoms with Crippen molar-refractivity contribution in [1.29, 1.82) is 0 Å². The molecule has 33 heavy (non-hydrogen) atoms. The highest BCUT2D eigenvalue weighted by Gasteiger charge is 2.30. The third-order valence-electron chi connectivity index (χ3n) is 6.39. The molecule has 0 bridgehead atoms. The highest BCUT2D eigenvalue weighted by Crippen LogP contribution is 2.33. The smallest absolute Gasteiger partial charge is 0.336 e. The molecule has 9 heteroatoms. The van der Waals surface area contributed by atoms with Gasteiger partial charge in [0.25, 0.3) is 0 Å². The van der Waals surface area contributed by atoms with Crippen molar-refractivity contribution < 1.29 is 22.3 Å². The van der Waals surface area contributed by atoms with E-state index in [9.17, 15) is 13.2 Å². The summed E-state index contributed by atoms with van der Waals surface area (Å²) >= 11 is 0. The zero-order valence-electron chi connectivity index (χ0n) is 18.7. The minimum Gasteiger partial charge on any atom is -0.486 e. The van der Waals surface area contributed by atoms with Gasteiger partial charge in [0, 0.05) is 50.2 Å². The van der Waals surface area contributed by atoms with Crippen LogP contribution in [0.4, 0.5) is 0 Å². The van der Waals surface area contributed by atoms with Gasteiger partial charge in [0.2, 0.25) is 10.0 Å². The predicted octanol–water partition coefficient (Wildman–Crippen LogP) is 2.69. The second-order valence-electron chi connectivity index (χ2n) is 8.46. The highest BCUT2D eigenvalue weighted by molar-refractivity contribution is 7.89. The molecule has 2 aromatic carbocycles. The molecule has 3 heterocycles. The molecule has 0 atom stereocenters. The number of ether oxygens (including phenoxy) is 2. The first-order valence-corrected chi connectivity index (χ1v) is 12.4. The summed E-state index contributed by atoms with van der Waals surface area (Å²) in [6.45, 7) is 7.23. The maximum atomic E-state index is 13.2. The van der Waals surface area contributed by atoms with Gasteiger partial charge in [-0.3, -0.25) is 4.90 Å². The first kappa shape index (κ1) is 21.9. The topological polar surface area (TPSA) is 89.3 Å². The van der Waals surface area contributed by atoms with E-state index in [1.165, 1.54) is 16.4 Å². The minimum atomic E-state index is -3.64. The van der Waals surface area contributed by atoms with Gasteiger partial charge in [0.05, 0.1) is 4.90 Å². The Hall–Kier alpha value is -2.88. The van der Waals surface area contributed by atoms with Crippen molar-refractivity contribution in [2.24, 2.45) is 0 Å². The zero-order chi connectivity index (χ0) is 23.2. The van der Waals surface area contributed by atoms with Crippen LogP contribution in [0.15, 0.2) is 50.5 Å². The number of piperazine rings is 1. The lowest BCUT2D eigenvalue weighted by molar-refractivity contribution is 0.170. The van der Waals surface area contributed by atoms with Crippen LogP contribution >= 0.6 is 0 Å². The molecule has 0 spiro atoms. The summed E-state index contributed by atoms with van der Waals surface area (Å²) in [4.78, 5) is 14.5. The van der Waals surface area contributed by atoms with E-state index in [-0.39, 0.29) is 10.5 Å². The molecule has 1 fully saturated rings. The zero-order valence-corrected chi connectivity index (χ0v) is 19.5. The van der Waals surface area contributed by atoms with Crippen LogP contribution in [0.5, 0.6) is 11.5 Å². The Morgan fingerprint density at radius 3 is 2.39 bits per heavy atom. The monoisotopic (exact) mass is 470 g/mol. The van der Waals surface area contributed by atoms with Crippen molar-refractivity contribution in [3.63, 3.8) is 0 Å². The summed E-state index contributed by atoms with van der Waals surface area (Å²) in [5, 5.41) is 0.920. The van der Waals surface area contributed by atoms with Crippen LogP contribution in [0.1, 0.15) is 16.7 Å². The Balaban J connectivity index is 1.32. The fourth-order valence-corrected chi connectivity index (χ4v) is 5.80. The van der Waals surface area contributed by atoms with Crippen molar-refractivity contribution >= 4 is 21.0 Å². The Morgan fingerprint density at radius 1 is 0.909 bits per heavy atom. The largest absolute Gasteiger partial charge is 0.486 e. The molecule has 5 rings (SSSR count). The van der Waals surface area contributed by atoms with Crippen LogP contribution in [-0.2, 0) is 16.6 Å². The summed E-state index contributed by atoms with van der Waals surface area (Å²) < 4.78 is 44.4. The molecule has 8 nitrogen and oxygen atoms in total. The van der Waals surface area contributed by atoms with Gasteiger partial charge < -0.3 is 13.9 Å². The second kappa shape index (κ2) is 8.48. The van der Waals surface area contributed by atoms with E-state index in [0.29, 0.717) is 63.0 Å². The molecule has 2 aliphatic heterocycles. The van der Waals surface area contributed by atoms with E-state index < -0.39 is 10.0 Å². The maximum absolute atomic E-state index is 13.2. The Kier molecular flexibility index (Phi) is 5.64. The van der Waals surface area contributed by atoms with Crippen molar-refractivity contribution in [2.75, 3.05) is 39.4 Å². The van der Waals surface area contributed by atoms with Crippen LogP contribution in [0.3, 0.4) is 0 Å². The second-order valence-corrected chi connectivity index (χ2v) is 10.4. The number of fused-ring (bicyclic) bond motifs is 2. The van der Waals surface area contributed by atoms with E-state index in [1.807, 2.05) is 26.0 Å². The fourth-order valence-electron chi connectivity index (χ4n) is 4.36. The SMILES string of the molecule is Cc1ccc2c(CN3CCN(S(=O)(=O)c4ccc5c(c4)OCCO5)CC3)cc(=O)oc2c1C. The standard InChI is InChI=1S/C24H26N2O6S/c1-16-3-5-20-18(13-23(27)32-24(20)17(16)2)15-25-7-9-26(10-8-25)33(28,29)19-4-6-21-22(14-19)31-12-11-30-21/h3-6,13-14H,7-12,15H2,1-2H3. The third-order valence-corrected chi connectivity index (χ3v) is 8.29. The lowest BCUT2D eigenvalue weighted by atomic mass is 10.0.